The van der Waals surface area contributed by atoms with E-state index < -0.39 is 5.91 Å². The standard InChI is InChI=1S/C17H19ClN2O3/c1-2-22-16-6-5-14(18)9-12(16)8-13(10-19)17(21)20-11-15-4-3-7-23-15/h5-6,8-9,15H,2-4,7,11H2,1H3,(H,20,21)/b13-8+/t15-/m0/s1. The number of carbonyl (C=O) groups is 1. The molecule has 122 valence electrons. The Labute approximate surface area is 140 Å². The molecule has 1 aromatic carbocycles. The largest absolute Gasteiger partial charge is 0.493 e. The predicted molar refractivity (Wildman–Crippen MR) is 88.2 cm³/mol. The molecule has 0 radical (unpaired) electrons. The van der Waals surface area contributed by atoms with Gasteiger partial charge in [0.25, 0.3) is 5.91 Å². The molecule has 6 heteroatoms. The summed E-state index contributed by atoms with van der Waals surface area (Å²) in [6, 6.07) is 7.01. The molecular weight excluding hydrogens is 316 g/mol. The number of nitrogens with zero attached hydrogens (tertiary/aromatic N) is 1. The number of rotatable bonds is 6. The molecule has 23 heavy (non-hydrogen) atoms. The fourth-order valence-electron chi connectivity index (χ4n) is 2.33. The first-order valence-corrected chi connectivity index (χ1v) is 7.95. The van der Waals surface area contributed by atoms with Gasteiger partial charge in [0.05, 0.1) is 12.7 Å². The van der Waals surface area contributed by atoms with Crippen molar-refractivity contribution in [3.8, 4) is 11.8 Å². The van der Waals surface area contributed by atoms with E-state index in [1.165, 1.54) is 6.08 Å². The lowest BCUT2D eigenvalue weighted by Crippen LogP contribution is -2.32. The summed E-state index contributed by atoms with van der Waals surface area (Å²) in [5.41, 5.74) is 0.606. The van der Waals surface area contributed by atoms with E-state index in [2.05, 4.69) is 5.32 Å². The van der Waals surface area contributed by atoms with E-state index in [1.807, 2.05) is 13.0 Å². The number of nitrogens with one attached hydrogen (secondary N) is 1. The molecule has 1 aliphatic heterocycles. The maximum absolute atomic E-state index is 12.2. The smallest absolute Gasteiger partial charge is 0.262 e. The van der Waals surface area contributed by atoms with E-state index in [4.69, 9.17) is 21.1 Å². The summed E-state index contributed by atoms with van der Waals surface area (Å²) in [5, 5.41) is 12.5. The van der Waals surface area contributed by atoms with Crippen molar-refractivity contribution in [1.29, 1.82) is 5.26 Å². The lowest BCUT2D eigenvalue weighted by atomic mass is 10.1. The van der Waals surface area contributed by atoms with Crippen molar-refractivity contribution in [2.24, 2.45) is 0 Å². The van der Waals surface area contributed by atoms with Crippen LogP contribution in [-0.4, -0.2) is 31.8 Å². The number of ether oxygens (including phenoxy) is 2. The Kier molecular flexibility index (Phi) is 6.45. The molecule has 0 saturated carbocycles. The third kappa shape index (κ3) is 4.98. The average molecular weight is 335 g/mol. The zero-order valence-corrected chi connectivity index (χ0v) is 13.7. The number of carbonyl (C=O) groups excluding carboxylic acids is 1. The quantitative estimate of drug-likeness (QED) is 0.641. The van der Waals surface area contributed by atoms with Gasteiger partial charge in [-0.3, -0.25) is 4.79 Å². The highest BCUT2D eigenvalue weighted by molar-refractivity contribution is 6.30. The first-order chi connectivity index (χ1) is 11.1. The molecule has 1 heterocycles. The molecule has 0 bridgehead atoms. The molecular formula is C17H19ClN2O3. The second-order valence-electron chi connectivity index (χ2n) is 5.13. The number of halogens is 1. The van der Waals surface area contributed by atoms with Crippen molar-refractivity contribution < 1.29 is 14.3 Å². The van der Waals surface area contributed by atoms with Crippen molar-refractivity contribution in [1.82, 2.24) is 5.32 Å². The third-order valence-electron chi connectivity index (χ3n) is 3.45. The van der Waals surface area contributed by atoms with Crippen molar-refractivity contribution >= 4 is 23.6 Å². The van der Waals surface area contributed by atoms with Crippen LogP contribution in [-0.2, 0) is 9.53 Å². The maximum atomic E-state index is 12.2. The minimum Gasteiger partial charge on any atom is -0.493 e. The Hall–Kier alpha value is -2.03. The highest BCUT2D eigenvalue weighted by Crippen LogP contribution is 2.25. The average Bonchev–Trinajstić information content (AvgIpc) is 3.06. The van der Waals surface area contributed by atoms with Crippen LogP contribution in [0.2, 0.25) is 5.02 Å². The highest BCUT2D eigenvalue weighted by atomic mass is 35.5. The first-order valence-electron chi connectivity index (χ1n) is 7.58. The van der Waals surface area contributed by atoms with Crippen LogP contribution >= 0.6 is 11.6 Å². The minimum absolute atomic E-state index is 0.00576. The summed E-state index contributed by atoms with van der Waals surface area (Å²) in [6.45, 7) is 3.48. The molecule has 2 rings (SSSR count). The summed E-state index contributed by atoms with van der Waals surface area (Å²) in [4.78, 5) is 12.2. The molecule has 1 N–H and O–H groups in total. The normalized spacial score (nSPS) is 17.6. The SMILES string of the molecule is CCOc1ccc(Cl)cc1/C=C(\C#N)C(=O)NC[C@@H]1CCCO1. The van der Waals surface area contributed by atoms with Gasteiger partial charge in [-0.2, -0.15) is 5.26 Å². The monoisotopic (exact) mass is 334 g/mol. The molecule has 5 nitrogen and oxygen atoms in total. The van der Waals surface area contributed by atoms with Crippen LogP contribution < -0.4 is 10.1 Å². The van der Waals surface area contributed by atoms with Gasteiger partial charge in [0.15, 0.2) is 0 Å². The zero-order valence-electron chi connectivity index (χ0n) is 13.0. The van der Waals surface area contributed by atoms with E-state index in [1.54, 1.807) is 18.2 Å². The van der Waals surface area contributed by atoms with Crippen LogP contribution in [0.1, 0.15) is 25.3 Å². The van der Waals surface area contributed by atoms with Crippen LogP contribution in [0.5, 0.6) is 5.75 Å². The van der Waals surface area contributed by atoms with Crippen LogP contribution in [0.15, 0.2) is 23.8 Å². The van der Waals surface area contributed by atoms with Gasteiger partial charge in [-0.1, -0.05) is 11.6 Å². The van der Waals surface area contributed by atoms with Gasteiger partial charge in [0, 0.05) is 23.7 Å². The summed E-state index contributed by atoms with van der Waals surface area (Å²) < 4.78 is 10.9. The number of amides is 1. The van der Waals surface area contributed by atoms with E-state index in [-0.39, 0.29) is 11.7 Å². The molecule has 1 amide bonds. The van der Waals surface area contributed by atoms with Crippen molar-refractivity contribution in [3.05, 3.63) is 34.4 Å². The molecule has 1 aromatic rings. The summed E-state index contributed by atoms with van der Waals surface area (Å²) in [5.74, 6) is 0.155. The topological polar surface area (TPSA) is 71.3 Å². The number of hydrogen-bond acceptors (Lipinski definition) is 4. The van der Waals surface area contributed by atoms with Gasteiger partial charge in [-0.05, 0) is 44.0 Å². The minimum atomic E-state index is -0.426. The molecule has 0 aromatic heterocycles. The summed E-state index contributed by atoms with van der Waals surface area (Å²) in [7, 11) is 0. The lowest BCUT2D eigenvalue weighted by molar-refractivity contribution is -0.117. The summed E-state index contributed by atoms with van der Waals surface area (Å²) in [6.07, 6.45) is 3.45. The molecule has 1 atom stereocenters. The fourth-order valence-corrected chi connectivity index (χ4v) is 2.51. The predicted octanol–water partition coefficient (Wildman–Crippen LogP) is 2.94. The van der Waals surface area contributed by atoms with Gasteiger partial charge in [-0.15, -0.1) is 0 Å². The molecule has 0 spiro atoms. The van der Waals surface area contributed by atoms with Gasteiger partial charge in [0.1, 0.15) is 17.4 Å². The Morgan fingerprint density at radius 3 is 3.09 bits per heavy atom. The van der Waals surface area contributed by atoms with Gasteiger partial charge >= 0.3 is 0 Å². The van der Waals surface area contributed by atoms with Crippen molar-refractivity contribution in [2.75, 3.05) is 19.8 Å². The number of benzene rings is 1. The van der Waals surface area contributed by atoms with E-state index in [0.717, 1.165) is 19.4 Å². The summed E-state index contributed by atoms with van der Waals surface area (Å²) >= 11 is 5.99. The maximum Gasteiger partial charge on any atom is 0.262 e. The van der Waals surface area contributed by atoms with E-state index >= 15 is 0 Å². The molecule has 0 unspecified atom stereocenters. The zero-order chi connectivity index (χ0) is 16.7. The van der Waals surface area contributed by atoms with Crippen LogP contribution in [0.4, 0.5) is 0 Å². The van der Waals surface area contributed by atoms with Gasteiger partial charge in [-0.25, -0.2) is 0 Å². The molecule has 0 aliphatic carbocycles. The van der Waals surface area contributed by atoms with Crippen molar-refractivity contribution in [3.63, 3.8) is 0 Å². The second kappa shape index (κ2) is 8.56. The highest BCUT2D eigenvalue weighted by Gasteiger charge is 2.18. The first kappa shape index (κ1) is 17.3. The van der Waals surface area contributed by atoms with E-state index in [9.17, 15) is 10.1 Å². The Balaban J connectivity index is 2.12. The molecule has 1 saturated heterocycles. The molecule has 1 fully saturated rings. The van der Waals surface area contributed by atoms with Crippen LogP contribution in [0.3, 0.4) is 0 Å². The Morgan fingerprint density at radius 1 is 1.61 bits per heavy atom. The Bertz CT molecular complexity index is 631. The van der Waals surface area contributed by atoms with Crippen LogP contribution in [0.25, 0.3) is 6.08 Å². The number of hydrogen-bond donors (Lipinski definition) is 1. The van der Waals surface area contributed by atoms with E-state index in [0.29, 0.717) is 29.5 Å². The molecule has 1 aliphatic rings. The Morgan fingerprint density at radius 2 is 2.43 bits per heavy atom. The van der Waals surface area contributed by atoms with Crippen molar-refractivity contribution in [2.45, 2.75) is 25.9 Å². The third-order valence-corrected chi connectivity index (χ3v) is 3.69. The van der Waals surface area contributed by atoms with Gasteiger partial charge < -0.3 is 14.8 Å². The van der Waals surface area contributed by atoms with Crippen LogP contribution in [0, 0.1) is 11.3 Å². The van der Waals surface area contributed by atoms with Gasteiger partial charge in [0.2, 0.25) is 0 Å². The lowest BCUT2D eigenvalue weighted by Gasteiger charge is -2.11. The number of nitriles is 1. The fraction of sp³-hybridized carbons (Fsp3) is 0.412. The second-order valence-corrected chi connectivity index (χ2v) is 5.57.